The van der Waals surface area contributed by atoms with Crippen LogP contribution >= 0.6 is 34.7 Å². The Bertz CT molecular complexity index is 1420. The number of carbonyl (C=O) groups excluding carboxylic acids is 3. The van der Waals surface area contributed by atoms with Crippen LogP contribution in [0.15, 0.2) is 57.4 Å². The van der Waals surface area contributed by atoms with Crippen LogP contribution in [0, 0.1) is 6.92 Å². The number of nitrogens with zero attached hydrogens (tertiary/aromatic N) is 3. The van der Waals surface area contributed by atoms with Crippen LogP contribution in [0.4, 0.5) is 10.8 Å². The molecule has 0 aliphatic rings. The average Bonchev–Trinajstić information content (AvgIpc) is 3.49. The van der Waals surface area contributed by atoms with E-state index in [1.807, 2.05) is 0 Å². The molecule has 0 unspecified atom stereocenters. The van der Waals surface area contributed by atoms with E-state index in [0.29, 0.717) is 37.6 Å². The average molecular weight is 544 g/mol. The van der Waals surface area contributed by atoms with Gasteiger partial charge in [-0.15, -0.1) is 10.2 Å². The summed E-state index contributed by atoms with van der Waals surface area (Å²) < 4.78 is 10.4. The van der Waals surface area contributed by atoms with E-state index >= 15 is 0 Å². The number of hydrogen-bond acceptors (Lipinski definition) is 10. The number of rotatable bonds is 8. The number of carbonyl (C=O) groups is 3. The van der Waals surface area contributed by atoms with Crippen molar-refractivity contribution in [1.29, 1.82) is 0 Å². The van der Waals surface area contributed by atoms with Crippen molar-refractivity contribution >= 4 is 63.3 Å². The number of ether oxygens (including phenoxy) is 1. The van der Waals surface area contributed by atoms with E-state index in [9.17, 15) is 14.4 Å². The number of anilines is 2. The lowest BCUT2D eigenvalue weighted by molar-refractivity contribution is -0.113. The van der Waals surface area contributed by atoms with Gasteiger partial charge in [-0.1, -0.05) is 58.1 Å². The standard InChI is InChI=1S/C23H18ClN5O5S2/c1-12-18(19(29-34-12)15-5-3-4-6-16(15)24)20(31)26-22-27-28-23(36-22)35-11-17(30)25-14-9-7-13(8-10-14)21(32)33-2/h3-10H,11H2,1-2H3,(H,25,30)(H,26,27,31). The van der Waals surface area contributed by atoms with Crippen LogP contribution in [0.3, 0.4) is 0 Å². The number of methoxy groups -OCH3 is 1. The number of hydrogen-bond donors (Lipinski definition) is 2. The topological polar surface area (TPSA) is 136 Å². The Morgan fingerprint density at radius 1 is 1.08 bits per heavy atom. The van der Waals surface area contributed by atoms with Crippen molar-refractivity contribution in [3.05, 3.63) is 70.4 Å². The molecule has 4 aromatic rings. The van der Waals surface area contributed by atoms with Crippen molar-refractivity contribution in [1.82, 2.24) is 15.4 Å². The van der Waals surface area contributed by atoms with Gasteiger partial charge in [-0.2, -0.15) is 0 Å². The van der Waals surface area contributed by atoms with Gasteiger partial charge < -0.3 is 14.6 Å². The third-order valence-corrected chi connectivity index (χ3v) is 7.06. The number of benzene rings is 2. The lowest BCUT2D eigenvalue weighted by Crippen LogP contribution is -2.14. The summed E-state index contributed by atoms with van der Waals surface area (Å²) >= 11 is 8.55. The first-order valence-electron chi connectivity index (χ1n) is 10.3. The molecule has 2 aromatic carbocycles. The molecule has 0 saturated carbocycles. The summed E-state index contributed by atoms with van der Waals surface area (Å²) in [4.78, 5) is 36.7. The second kappa shape index (κ2) is 11.3. The lowest BCUT2D eigenvalue weighted by atomic mass is 10.1. The molecule has 0 radical (unpaired) electrons. The predicted molar refractivity (Wildman–Crippen MR) is 137 cm³/mol. The van der Waals surface area contributed by atoms with Gasteiger partial charge in [0.05, 0.1) is 23.4 Å². The van der Waals surface area contributed by atoms with E-state index in [2.05, 4.69) is 30.7 Å². The molecule has 10 nitrogen and oxygen atoms in total. The quantitative estimate of drug-likeness (QED) is 0.180. The molecule has 13 heteroatoms. The lowest BCUT2D eigenvalue weighted by Gasteiger charge is -2.05. The highest BCUT2D eigenvalue weighted by molar-refractivity contribution is 8.01. The first kappa shape index (κ1) is 25.4. The Labute approximate surface area is 218 Å². The van der Waals surface area contributed by atoms with Crippen LogP contribution in [0.1, 0.15) is 26.5 Å². The first-order valence-corrected chi connectivity index (χ1v) is 12.5. The molecule has 2 N–H and O–H groups in total. The molecule has 2 amide bonds. The Kier molecular flexibility index (Phi) is 7.98. The number of esters is 1. The number of thioether (sulfide) groups is 1. The number of amides is 2. The largest absolute Gasteiger partial charge is 0.465 e. The summed E-state index contributed by atoms with van der Waals surface area (Å²) in [7, 11) is 1.30. The van der Waals surface area contributed by atoms with Crippen LogP contribution in [0.25, 0.3) is 11.3 Å². The van der Waals surface area contributed by atoms with Crippen LogP contribution in [-0.4, -0.2) is 46.0 Å². The van der Waals surface area contributed by atoms with Crippen LogP contribution in [0.2, 0.25) is 5.02 Å². The van der Waals surface area contributed by atoms with Gasteiger partial charge in [0.1, 0.15) is 17.0 Å². The molecule has 0 atom stereocenters. The Morgan fingerprint density at radius 3 is 2.56 bits per heavy atom. The van der Waals surface area contributed by atoms with E-state index in [4.69, 9.17) is 16.1 Å². The maximum absolute atomic E-state index is 13.0. The maximum atomic E-state index is 13.0. The van der Waals surface area contributed by atoms with Crippen LogP contribution in [-0.2, 0) is 9.53 Å². The fraction of sp³-hybridized carbons (Fsp3) is 0.130. The second-order valence-electron chi connectivity index (χ2n) is 7.18. The van der Waals surface area contributed by atoms with Crippen molar-refractivity contribution in [2.45, 2.75) is 11.3 Å². The van der Waals surface area contributed by atoms with Crippen molar-refractivity contribution in [3.63, 3.8) is 0 Å². The van der Waals surface area contributed by atoms with Crippen LogP contribution in [0.5, 0.6) is 0 Å². The van der Waals surface area contributed by atoms with Gasteiger partial charge in [-0.3, -0.25) is 14.9 Å². The molecule has 2 heterocycles. The molecule has 2 aromatic heterocycles. The van der Waals surface area contributed by atoms with E-state index < -0.39 is 11.9 Å². The summed E-state index contributed by atoms with van der Waals surface area (Å²) in [5, 5.41) is 18.1. The highest BCUT2D eigenvalue weighted by Gasteiger charge is 2.24. The smallest absolute Gasteiger partial charge is 0.337 e. The zero-order chi connectivity index (χ0) is 25.7. The summed E-state index contributed by atoms with van der Waals surface area (Å²) in [6, 6.07) is 13.3. The molecule has 36 heavy (non-hydrogen) atoms. The van der Waals surface area contributed by atoms with Crippen molar-refractivity contribution < 1.29 is 23.6 Å². The van der Waals surface area contributed by atoms with Crippen molar-refractivity contribution in [2.24, 2.45) is 0 Å². The minimum absolute atomic E-state index is 0.0722. The summed E-state index contributed by atoms with van der Waals surface area (Å²) in [5.41, 5.74) is 2.06. The molecular weight excluding hydrogens is 526 g/mol. The Morgan fingerprint density at radius 2 is 1.83 bits per heavy atom. The summed E-state index contributed by atoms with van der Waals surface area (Å²) in [6.45, 7) is 1.63. The van der Waals surface area contributed by atoms with E-state index in [1.165, 1.54) is 18.9 Å². The number of halogens is 1. The molecule has 0 aliphatic heterocycles. The van der Waals surface area contributed by atoms with E-state index in [-0.39, 0.29) is 22.4 Å². The van der Waals surface area contributed by atoms with Gasteiger partial charge >= 0.3 is 5.97 Å². The highest BCUT2D eigenvalue weighted by Crippen LogP contribution is 2.32. The molecule has 0 saturated heterocycles. The zero-order valence-corrected chi connectivity index (χ0v) is 21.3. The van der Waals surface area contributed by atoms with Crippen molar-refractivity contribution in [2.75, 3.05) is 23.5 Å². The van der Waals surface area contributed by atoms with Gasteiger partial charge in [-0.05, 0) is 37.3 Å². The van der Waals surface area contributed by atoms with Gasteiger partial charge in [-0.25, -0.2) is 4.79 Å². The molecular formula is C23H18ClN5O5S2. The third kappa shape index (κ3) is 5.90. The normalized spacial score (nSPS) is 10.6. The van der Waals surface area contributed by atoms with E-state index in [1.54, 1.807) is 55.5 Å². The SMILES string of the molecule is COC(=O)c1ccc(NC(=O)CSc2nnc(NC(=O)c3c(-c4ccccc4Cl)noc3C)s2)cc1. The summed E-state index contributed by atoms with van der Waals surface area (Å²) in [5.74, 6) is -0.789. The third-order valence-electron chi connectivity index (χ3n) is 4.76. The highest BCUT2D eigenvalue weighted by atomic mass is 35.5. The van der Waals surface area contributed by atoms with Gasteiger partial charge in [0.2, 0.25) is 11.0 Å². The maximum Gasteiger partial charge on any atom is 0.337 e. The van der Waals surface area contributed by atoms with Crippen molar-refractivity contribution in [3.8, 4) is 11.3 Å². The Hall–Kier alpha value is -3.74. The van der Waals surface area contributed by atoms with Gasteiger partial charge in [0.25, 0.3) is 5.91 Å². The Balaban J connectivity index is 1.35. The number of aromatic nitrogens is 3. The minimum Gasteiger partial charge on any atom is -0.465 e. The first-order chi connectivity index (χ1) is 17.4. The fourth-order valence-electron chi connectivity index (χ4n) is 3.09. The van der Waals surface area contributed by atoms with E-state index in [0.717, 1.165) is 11.3 Å². The predicted octanol–water partition coefficient (Wildman–Crippen LogP) is 4.92. The second-order valence-corrected chi connectivity index (χ2v) is 9.78. The zero-order valence-electron chi connectivity index (χ0n) is 18.9. The monoisotopic (exact) mass is 543 g/mol. The number of aryl methyl sites for hydroxylation is 1. The molecule has 0 fully saturated rings. The fourth-order valence-corrected chi connectivity index (χ4v) is 4.86. The van der Waals surface area contributed by atoms with Gasteiger partial charge in [0.15, 0.2) is 4.34 Å². The molecule has 0 aliphatic carbocycles. The van der Waals surface area contributed by atoms with Crippen LogP contribution < -0.4 is 10.6 Å². The molecule has 0 bridgehead atoms. The summed E-state index contributed by atoms with van der Waals surface area (Å²) in [6.07, 6.45) is 0. The minimum atomic E-state index is -0.468. The molecule has 4 rings (SSSR count). The molecule has 0 spiro atoms. The van der Waals surface area contributed by atoms with Gasteiger partial charge in [0, 0.05) is 11.3 Å². The number of nitrogens with one attached hydrogen (secondary N) is 2. The molecule has 184 valence electrons.